The topological polar surface area (TPSA) is 32.3 Å². The first kappa shape index (κ1) is 14.4. The molecule has 94 valence electrons. The van der Waals surface area contributed by atoms with Crippen LogP contribution in [0.25, 0.3) is 0 Å². The summed E-state index contributed by atoms with van der Waals surface area (Å²) in [5.41, 5.74) is 0. The van der Waals surface area contributed by atoms with Gasteiger partial charge in [0.2, 0.25) is 5.91 Å². The van der Waals surface area contributed by atoms with Gasteiger partial charge in [-0.25, -0.2) is 0 Å². The van der Waals surface area contributed by atoms with Crippen molar-refractivity contribution < 1.29 is 4.79 Å². The monoisotopic (exact) mass is 272 g/mol. The van der Waals surface area contributed by atoms with E-state index in [4.69, 9.17) is 0 Å². The molecule has 0 aromatic heterocycles. The van der Waals surface area contributed by atoms with E-state index in [1.807, 2.05) is 42.3 Å². The minimum Gasteiger partial charge on any atom is -0.339 e. The van der Waals surface area contributed by atoms with Crippen LogP contribution >= 0.6 is 24.2 Å². The lowest BCUT2D eigenvalue weighted by Crippen LogP contribution is -2.57. The number of rotatable bonds is 4. The van der Waals surface area contributed by atoms with Gasteiger partial charge >= 0.3 is 0 Å². The Labute approximate surface area is 112 Å². The Morgan fingerprint density at radius 2 is 2.06 bits per heavy atom. The van der Waals surface area contributed by atoms with Gasteiger partial charge in [0.25, 0.3) is 0 Å². The number of hydrogen-bond donors (Lipinski definition) is 1. The zero-order chi connectivity index (χ0) is 11.4. The van der Waals surface area contributed by atoms with E-state index in [1.54, 1.807) is 11.8 Å². The van der Waals surface area contributed by atoms with E-state index in [-0.39, 0.29) is 18.3 Å². The zero-order valence-corrected chi connectivity index (χ0v) is 11.4. The first-order valence-electron chi connectivity index (χ1n) is 5.41. The molecule has 3 nitrogen and oxygen atoms in total. The van der Waals surface area contributed by atoms with Crippen LogP contribution in [0.5, 0.6) is 0 Å². The Morgan fingerprint density at radius 1 is 1.41 bits per heavy atom. The Balaban J connectivity index is 0.00000144. The van der Waals surface area contributed by atoms with Crippen LogP contribution in [-0.2, 0) is 4.79 Å². The quantitative estimate of drug-likeness (QED) is 0.846. The highest BCUT2D eigenvalue weighted by Crippen LogP contribution is 2.17. The van der Waals surface area contributed by atoms with Crippen molar-refractivity contribution in [3.8, 4) is 0 Å². The molecule has 1 saturated heterocycles. The van der Waals surface area contributed by atoms with E-state index >= 15 is 0 Å². The van der Waals surface area contributed by atoms with E-state index < -0.39 is 0 Å². The van der Waals surface area contributed by atoms with Crippen LogP contribution in [-0.4, -0.2) is 42.7 Å². The van der Waals surface area contributed by atoms with Gasteiger partial charge in [0.1, 0.15) is 0 Å². The highest BCUT2D eigenvalue weighted by atomic mass is 35.5. The number of amides is 1. The van der Waals surface area contributed by atoms with Crippen molar-refractivity contribution in [3.63, 3.8) is 0 Å². The van der Waals surface area contributed by atoms with Crippen LogP contribution in [0.15, 0.2) is 35.2 Å². The number of likely N-dealkylation sites (N-methyl/N-ethyl adjacent to an activating group) is 1. The summed E-state index contributed by atoms with van der Waals surface area (Å²) in [5, 5.41) is 3.17. The maximum atomic E-state index is 11.8. The van der Waals surface area contributed by atoms with Crippen LogP contribution in [0.2, 0.25) is 0 Å². The molecule has 17 heavy (non-hydrogen) atoms. The molecule has 5 heteroatoms. The summed E-state index contributed by atoms with van der Waals surface area (Å²) in [6.07, 6.45) is 0. The van der Waals surface area contributed by atoms with Gasteiger partial charge < -0.3 is 10.2 Å². The lowest BCUT2D eigenvalue weighted by Gasteiger charge is -2.35. The van der Waals surface area contributed by atoms with E-state index in [0.29, 0.717) is 11.8 Å². The largest absolute Gasteiger partial charge is 0.339 e. The van der Waals surface area contributed by atoms with Crippen LogP contribution < -0.4 is 5.32 Å². The maximum absolute atomic E-state index is 11.8. The molecule has 1 heterocycles. The fourth-order valence-corrected chi connectivity index (χ4v) is 2.36. The van der Waals surface area contributed by atoms with Crippen molar-refractivity contribution in [2.24, 2.45) is 0 Å². The Morgan fingerprint density at radius 3 is 2.59 bits per heavy atom. The van der Waals surface area contributed by atoms with Gasteiger partial charge in [0, 0.05) is 25.0 Å². The molecule has 0 unspecified atom stereocenters. The molecule has 1 fully saturated rings. The summed E-state index contributed by atoms with van der Waals surface area (Å²) in [5.74, 6) is 0.733. The third-order valence-electron chi connectivity index (χ3n) is 2.81. The Bertz CT molecular complexity index is 357. The molecule has 1 amide bonds. The first-order valence-corrected chi connectivity index (χ1v) is 6.40. The lowest BCUT2D eigenvalue weighted by atomic mass is 10.1. The minimum atomic E-state index is 0. The summed E-state index contributed by atoms with van der Waals surface area (Å²) in [7, 11) is 1.89. The van der Waals surface area contributed by atoms with Crippen molar-refractivity contribution in [3.05, 3.63) is 30.3 Å². The fraction of sp³-hybridized carbons (Fsp3) is 0.417. The molecule has 0 spiro atoms. The van der Waals surface area contributed by atoms with Gasteiger partial charge in [-0.1, -0.05) is 18.2 Å². The van der Waals surface area contributed by atoms with Crippen LogP contribution in [0.4, 0.5) is 0 Å². The summed E-state index contributed by atoms with van der Waals surface area (Å²) in [6.45, 7) is 1.86. The summed E-state index contributed by atoms with van der Waals surface area (Å²) in [6, 6.07) is 10.4. The third-order valence-corrected chi connectivity index (χ3v) is 3.80. The van der Waals surface area contributed by atoms with E-state index in [1.165, 1.54) is 0 Å². The standard InChI is InChI=1S/C12H16N2OS.ClH/c1-14(10-7-13-8-10)12(15)9-16-11-5-3-2-4-6-11;/h2-6,10,13H,7-9H2,1H3;1H. The molecule has 1 aliphatic rings. The SMILES string of the molecule is CN(C(=O)CSc1ccccc1)C1CNC1.Cl. The highest BCUT2D eigenvalue weighted by Gasteiger charge is 2.24. The van der Waals surface area contributed by atoms with E-state index in [0.717, 1.165) is 18.0 Å². The normalized spacial score (nSPS) is 14.6. The van der Waals surface area contributed by atoms with Gasteiger partial charge in [-0.05, 0) is 12.1 Å². The number of benzene rings is 1. The summed E-state index contributed by atoms with van der Waals surface area (Å²) in [4.78, 5) is 14.8. The van der Waals surface area contributed by atoms with Gasteiger partial charge in [-0.3, -0.25) is 4.79 Å². The first-order chi connectivity index (χ1) is 7.77. The number of thioether (sulfide) groups is 1. The van der Waals surface area contributed by atoms with Crippen LogP contribution in [0.1, 0.15) is 0 Å². The number of halogens is 1. The van der Waals surface area contributed by atoms with E-state index in [2.05, 4.69) is 5.32 Å². The average molecular weight is 273 g/mol. The average Bonchev–Trinajstić information content (AvgIpc) is 2.25. The molecular formula is C12H17ClN2OS. The number of nitrogens with zero attached hydrogens (tertiary/aromatic N) is 1. The zero-order valence-electron chi connectivity index (χ0n) is 9.76. The van der Waals surface area contributed by atoms with E-state index in [9.17, 15) is 4.79 Å². The smallest absolute Gasteiger partial charge is 0.233 e. The van der Waals surface area contributed by atoms with Gasteiger partial charge in [0.15, 0.2) is 0 Å². The van der Waals surface area contributed by atoms with Crippen molar-refractivity contribution in [1.29, 1.82) is 0 Å². The second-order valence-corrected chi connectivity index (χ2v) is 4.97. The Hall–Kier alpha value is -0.710. The second-order valence-electron chi connectivity index (χ2n) is 3.92. The molecular weight excluding hydrogens is 256 g/mol. The van der Waals surface area contributed by atoms with Crippen molar-refractivity contribution >= 4 is 30.1 Å². The van der Waals surface area contributed by atoms with Crippen molar-refractivity contribution in [2.75, 3.05) is 25.9 Å². The number of nitrogens with one attached hydrogen (secondary N) is 1. The van der Waals surface area contributed by atoms with Gasteiger partial charge in [0.05, 0.1) is 11.8 Å². The predicted octanol–water partition coefficient (Wildman–Crippen LogP) is 1.63. The third kappa shape index (κ3) is 3.91. The fourth-order valence-electron chi connectivity index (χ4n) is 1.51. The predicted molar refractivity (Wildman–Crippen MR) is 73.8 cm³/mol. The van der Waals surface area contributed by atoms with Gasteiger partial charge in [-0.2, -0.15) is 0 Å². The molecule has 1 aromatic carbocycles. The molecule has 0 saturated carbocycles. The van der Waals surface area contributed by atoms with Crippen molar-refractivity contribution in [2.45, 2.75) is 10.9 Å². The Kier molecular flexibility index (Phi) is 5.82. The molecule has 0 aliphatic carbocycles. The van der Waals surface area contributed by atoms with Crippen LogP contribution in [0.3, 0.4) is 0 Å². The molecule has 1 aromatic rings. The van der Waals surface area contributed by atoms with Crippen LogP contribution in [0, 0.1) is 0 Å². The van der Waals surface area contributed by atoms with Crippen molar-refractivity contribution in [1.82, 2.24) is 10.2 Å². The summed E-state index contributed by atoms with van der Waals surface area (Å²) < 4.78 is 0. The number of hydrogen-bond acceptors (Lipinski definition) is 3. The molecule has 0 bridgehead atoms. The molecule has 0 radical (unpaired) electrons. The number of carbonyl (C=O) groups excluding carboxylic acids is 1. The molecule has 2 rings (SSSR count). The maximum Gasteiger partial charge on any atom is 0.233 e. The second kappa shape index (κ2) is 6.89. The highest BCUT2D eigenvalue weighted by molar-refractivity contribution is 8.00. The minimum absolute atomic E-state index is 0. The number of carbonyl (C=O) groups is 1. The molecule has 0 atom stereocenters. The summed E-state index contributed by atoms with van der Waals surface area (Å²) >= 11 is 1.60. The van der Waals surface area contributed by atoms with Gasteiger partial charge in [-0.15, -0.1) is 24.2 Å². The molecule has 1 aliphatic heterocycles. The molecule has 1 N–H and O–H groups in total. The lowest BCUT2D eigenvalue weighted by molar-refractivity contribution is -0.129.